The van der Waals surface area contributed by atoms with E-state index >= 15 is 0 Å². The van der Waals surface area contributed by atoms with E-state index in [2.05, 4.69) is 5.32 Å². The number of ether oxygens (including phenoxy) is 1. The molecule has 0 radical (unpaired) electrons. The SMILES string of the molecule is O=C(NCC1(O)CCOc2ccccc21)c1cc(C(F)(F)F)cc(C(F)(F)F)c1. The van der Waals surface area contributed by atoms with Gasteiger partial charge in [-0.1, -0.05) is 18.2 Å². The Kier molecular flexibility index (Phi) is 5.24. The standard InChI is InChI=1S/C19H15F6NO3/c20-18(21,22)12-7-11(8-13(9-12)19(23,24)25)16(27)26-10-17(28)5-6-29-15-4-2-1-3-14(15)17/h1-4,7-9,28H,5-6,10H2,(H,26,27). The molecule has 2 aromatic rings. The number of fused-ring (bicyclic) bond motifs is 1. The van der Waals surface area contributed by atoms with Crippen molar-refractivity contribution in [3.05, 3.63) is 64.7 Å². The number of hydrogen-bond acceptors (Lipinski definition) is 3. The molecule has 156 valence electrons. The highest BCUT2D eigenvalue weighted by atomic mass is 19.4. The first-order valence-electron chi connectivity index (χ1n) is 8.42. The fourth-order valence-corrected chi connectivity index (χ4v) is 3.04. The number of benzene rings is 2. The van der Waals surface area contributed by atoms with Gasteiger partial charge >= 0.3 is 12.4 Å². The van der Waals surface area contributed by atoms with Gasteiger partial charge in [-0.2, -0.15) is 26.3 Å². The maximum atomic E-state index is 12.9. The summed E-state index contributed by atoms with van der Waals surface area (Å²) in [7, 11) is 0. The van der Waals surface area contributed by atoms with Crippen LogP contribution in [-0.4, -0.2) is 24.2 Å². The molecule has 0 bridgehead atoms. The second-order valence-corrected chi connectivity index (χ2v) is 6.60. The summed E-state index contributed by atoms with van der Waals surface area (Å²) in [6, 6.07) is 7.09. The second kappa shape index (κ2) is 7.25. The number of halogens is 6. The second-order valence-electron chi connectivity index (χ2n) is 6.60. The van der Waals surface area contributed by atoms with Crippen LogP contribution in [0.15, 0.2) is 42.5 Å². The van der Waals surface area contributed by atoms with Gasteiger partial charge in [0.15, 0.2) is 0 Å². The van der Waals surface area contributed by atoms with Gasteiger partial charge in [-0.25, -0.2) is 0 Å². The lowest BCUT2D eigenvalue weighted by atomic mass is 9.88. The summed E-state index contributed by atoms with van der Waals surface area (Å²) in [6.07, 6.45) is -10.0. The summed E-state index contributed by atoms with van der Waals surface area (Å²) in [5, 5.41) is 13.1. The fraction of sp³-hybridized carbons (Fsp3) is 0.316. The van der Waals surface area contributed by atoms with Crippen LogP contribution >= 0.6 is 0 Å². The van der Waals surface area contributed by atoms with E-state index in [0.29, 0.717) is 23.4 Å². The van der Waals surface area contributed by atoms with Crippen LogP contribution in [0.1, 0.15) is 33.5 Å². The van der Waals surface area contributed by atoms with Gasteiger partial charge in [-0.05, 0) is 24.3 Å². The topological polar surface area (TPSA) is 58.6 Å². The van der Waals surface area contributed by atoms with E-state index in [1.165, 1.54) is 0 Å². The van der Waals surface area contributed by atoms with Gasteiger partial charge in [-0.3, -0.25) is 4.79 Å². The predicted molar refractivity (Wildman–Crippen MR) is 89.2 cm³/mol. The minimum atomic E-state index is -5.06. The lowest BCUT2D eigenvalue weighted by Gasteiger charge is -2.34. The molecular formula is C19H15F6NO3. The number of carbonyl (C=O) groups excluding carboxylic acids is 1. The van der Waals surface area contributed by atoms with Crippen LogP contribution in [0, 0.1) is 0 Å². The highest BCUT2D eigenvalue weighted by Crippen LogP contribution is 2.38. The molecule has 2 aromatic carbocycles. The van der Waals surface area contributed by atoms with E-state index < -0.39 is 47.1 Å². The monoisotopic (exact) mass is 419 g/mol. The van der Waals surface area contributed by atoms with E-state index in [1.54, 1.807) is 24.3 Å². The van der Waals surface area contributed by atoms with E-state index in [1.807, 2.05) is 0 Å². The van der Waals surface area contributed by atoms with Gasteiger partial charge in [0.05, 0.1) is 24.3 Å². The third-order valence-corrected chi connectivity index (χ3v) is 4.55. The summed E-state index contributed by atoms with van der Waals surface area (Å²) < 4.78 is 83.1. The minimum Gasteiger partial charge on any atom is -0.493 e. The largest absolute Gasteiger partial charge is 0.493 e. The first-order chi connectivity index (χ1) is 13.4. The van der Waals surface area contributed by atoms with Crippen molar-refractivity contribution >= 4 is 5.91 Å². The zero-order valence-corrected chi connectivity index (χ0v) is 14.7. The molecule has 1 aliphatic heterocycles. The molecule has 10 heteroatoms. The van der Waals surface area contributed by atoms with Crippen molar-refractivity contribution < 1.29 is 41.0 Å². The van der Waals surface area contributed by atoms with Crippen LogP contribution in [-0.2, 0) is 18.0 Å². The molecule has 0 aromatic heterocycles. The quantitative estimate of drug-likeness (QED) is 0.736. The predicted octanol–water partition coefficient (Wildman–Crippen LogP) is 4.12. The van der Waals surface area contributed by atoms with Crippen LogP contribution in [0.4, 0.5) is 26.3 Å². The average Bonchev–Trinajstić information content (AvgIpc) is 2.65. The summed E-state index contributed by atoms with van der Waals surface area (Å²) >= 11 is 0. The van der Waals surface area contributed by atoms with Crippen molar-refractivity contribution in [3.8, 4) is 5.75 Å². The number of hydrogen-bond donors (Lipinski definition) is 2. The molecule has 0 fully saturated rings. The molecule has 1 aliphatic rings. The molecule has 1 atom stereocenters. The zero-order valence-electron chi connectivity index (χ0n) is 14.7. The van der Waals surface area contributed by atoms with Gasteiger partial charge in [-0.15, -0.1) is 0 Å². The first kappa shape index (κ1) is 21.0. The molecule has 2 N–H and O–H groups in total. The third kappa shape index (κ3) is 4.47. The summed E-state index contributed by atoms with van der Waals surface area (Å²) in [5.74, 6) is -0.784. The molecular weight excluding hydrogens is 404 g/mol. The number of para-hydroxylation sites is 1. The van der Waals surface area contributed by atoms with E-state index in [4.69, 9.17) is 4.74 Å². The molecule has 0 spiro atoms. The van der Waals surface area contributed by atoms with Gasteiger partial charge in [0.2, 0.25) is 0 Å². The van der Waals surface area contributed by atoms with Crippen molar-refractivity contribution in [2.24, 2.45) is 0 Å². The number of aliphatic hydroxyl groups is 1. The summed E-state index contributed by atoms with van der Waals surface area (Å²) in [4.78, 5) is 12.3. The van der Waals surface area contributed by atoms with E-state index in [-0.39, 0.29) is 19.1 Å². The number of alkyl halides is 6. The molecule has 1 amide bonds. The molecule has 1 heterocycles. The fourth-order valence-electron chi connectivity index (χ4n) is 3.04. The smallest absolute Gasteiger partial charge is 0.416 e. The van der Waals surface area contributed by atoms with E-state index in [0.717, 1.165) is 0 Å². The Bertz CT molecular complexity index is 893. The van der Waals surface area contributed by atoms with Gasteiger partial charge in [0, 0.05) is 17.5 Å². The summed E-state index contributed by atoms with van der Waals surface area (Å²) in [6.45, 7) is -0.283. The van der Waals surface area contributed by atoms with Crippen LogP contribution in [0.5, 0.6) is 5.75 Å². The van der Waals surface area contributed by atoms with E-state index in [9.17, 15) is 36.2 Å². The number of rotatable bonds is 3. The van der Waals surface area contributed by atoms with Crippen molar-refractivity contribution in [2.75, 3.05) is 13.2 Å². The zero-order chi connectivity index (χ0) is 21.4. The van der Waals surface area contributed by atoms with Crippen LogP contribution in [0.3, 0.4) is 0 Å². The summed E-state index contributed by atoms with van der Waals surface area (Å²) in [5.41, 5.74) is -5.19. The van der Waals surface area contributed by atoms with Crippen molar-refractivity contribution in [1.29, 1.82) is 0 Å². The van der Waals surface area contributed by atoms with Gasteiger partial charge in [0.25, 0.3) is 5.91 Å². The highest BCUT2D eigenvalue weighted by Gasteiger charge is 2.39. The van der Waals surface area contributed by atoms with Gasteiger partial charge in [0.1, 0.15) is 11.4 Å². The Morgan fingerprint density at radius 3 is 2.21 bits per heavy atom. The first-order valence-corrected chi connectivity index (χ1v) is 8.42. The van der Waals surface area contributed by atoms with Crippen LogP contribution in [0.2, 0.25) is 0 Å². The maximum absolute atomic E-state index is 12.9. The molecule has 0 aliphatic carbocycles. The number of nitrogens with one attached hydrogen (secondary N) is 1. The van der Waals surface area contributed by atoms with Crippen molar-refractivity contribution in [2.45, 2.75) is 24.4 Å². The highest BCUT2D eigenvalue weighted by molar-refractivity contribution is 5.94. The lowest BCUT2D eigenvalue weighted by molar-refractivity contribution is -0.143. The van der Waals surface area contributed by atoms with Crippen LogP contribution < -0.4 is 10.1 Å². The number of amides is 1. The lowest BCUT2D eigenvalue weighted by Crippen LogP contribution is -2.44. The average molecular weight is 419 g/mol. The molecule has 1 unspecified atom stereocenters. The van der Waals surface area contributed by atoms with Crippen molar-refractivity contribution in [3.63, 3.8) is 0 Å². The Balaban J connectivity index is 1.86. The Hall–Kier alpha value is -2.75. The Morgan fingerprint density at radius 1 is 1.03 bits per heavy atom. The molecule has 0 saturated heterocycles. The molecule has 4 nitrogen and oxygen atoms in total. The third-order valence-electron chi connectivity index (χ3n) is 4.55. The van der Waals surface area contributed by atoms with Gasteiger partial charge < -0.3 is 15.2 Å². The normalized spacial score (nSPS) is 19.3. The molecule has 3 rings (SSSR count). The Labute approximate surface area is 161 Å². The number of carbonyl (C=O) groups is 1. The molecule has 0 saturated carbocycles. The molecule has 29 heavy (non-hydrogen) atoms. The van der Waals surface area contributed by atoms with Crippen LogP contribution in [0.25, 0.3) is 0 Å². The van der Waals surface area contributed by atoms with Crippen molar-refractivity contribution in [1.82, 2.24) is 5.32 Å². The Morgan fingerprint density at radius 2 is 1.62 bits per heavy atom. The minimum absolute atomic E-state index is 0.0565. The maximum Gasteiger partial charge on any atom is 0.416 e.